The summed E-state index contributed by atoms with van der Waals surface area (Å²) in [5.41, 5.74) is 8.07. The third-order valence-corrected chi connectivity index (χ3v) is 6.07. The molecular weight excluding hydrogens is 322 g/mol. The number of carbonyl (C=O) groups is 1. The Labute approximate surface area is 154 Å². The average molecular weight is 347 g/mol. The van der Waals surface area contributed by atoms with Gasteiger partial charge in [0.15, 0.2) is 0 Å². The standard InChI is InChI=1S/C22H25N3O/c26-22-18(13-16-12-15-4-1-2-6-19(15)24-16)21-17(5-3-7-20(21)25-22)14-8-10-23-11-9-14/h3,5,7,12-14,23-24H,1-2,4,6,8-11H2,(H,25,26). The van der Waals surface area contributed by atoms with Crippen LogP contribution in [0, 0.1) is 0 Å². The largest absolute Gasteiger partial charge is 0.359 e. The molecule has 2 aromatic rings. The van der Waals surface area contributed by atoms with Crippen LogP contribution in [0.15, 0.2) is 24.3 Å². The smallest absolute Gasteiger partial charge is 0.256 e. The van der Waals surface area contributed by atoms with Gasteiger partial charge in [-0.2, -0.15) is 0 Å². The lowest BCUT2D eigenvalue weighted by Gasteiger charge is -2.25. The lowest BCUT2D eigenvalue weighted by atomic mass is 9.85. The third-order valence-electron chi connectivity index (χ3n) is 6.07. The zero-order chi connectivity index (χ0) is 17.5. The van der Waals surface area contributed by atoms with Crippen LogP contribution in [0.1, 0.15) is 59.7 Å². The highest BCUT2D eigenvalue weighted by molar-refractivity contribution is 6.35. The van der Waals surface area contributed by atoms with Gasteiger partial charge in [-0.3, -0.25) is 4.79 Å². The molecule has 3 heterocycles. The number of aromatic nitrogens is 1. The van der Waals surface area contributed by atoms with E-state index >= 15 is 0 Å². The monoisotopic (exact) mass is 347 g/mol. The highest BCUT2D eigenvalue weighted by Gasteiger charge is 2.30. The fraction of sp³-hybridized carbons (Fsp3) is 0.409. The molecule has 0 unspecified atom stereocenters. The minimum absolute atomic E-state index is 0.0222. The molecule has 1 fully saturated rings. The van der Waals surface area contributed by atoms with E-state index in [4.69, 9.17) is 0 Å². The molecule has 4 heteroatoms. The van der Waals surface area contributed by atoms with E-state index in [0.29, 0.717) is 5.92 Å². The molecule has 0 spiro atoms. The number of rotatable bonds is 2. The van der Waals surface area contributed by atoms with Crippen LogP contribution in [0.2, 0.25) is 0 Å². The van der Waals surface area contributed by atoms with Gasteiger partial charge in [0.1, 0.15) is 0 Å². The summed E-state index contributed by atoms with van der Waals surface area (Å²) >= 11 is 0. The van der Waals surface area contributed by atoms with Crippen LogP contribution in [-0.2, 0) is 17.6 Å². The number of carbonyl (C=O) groups excluding carboxylic acids is 1. The Morgan fingerprint density at radius 3 is 2.77 bits per heavy atom. The first kappa shape index (κ1) is 15.9. The number of fused-ring (bicyclic) bond motifs is 2. The number of aryl methyl sites for hydroxylation is 2. The summed E-state index contributed by atoms with van der Waals surface area (Å²) in [6.45, 7) is 2.11. The summed E-state index contributed by atoms with van der Waals surface area (Å²) in [6, 6.07) is 8.55. The van der Waals surface area contributed by atoms with Crippen LogP contribution in [0.5, 0.6) is 0 Å². The van der Waals surface area contributed by atoms with Crippen molar-refractivity contribution in [2.45, 2.75) is 44.4 Å². The van der Waals surface area contributed by atoms with Gasteiger partial charge in [-0.1, -0.05) is 12.1 Å². The summed E-state index contributed by atoms with van der Waals surface area (Å²) in [4.78, 5) is 16.3. The summed E-state index contributed by atoms with van der Waals surface area (Å²) in [7, 11) is 0. The van der Waals surface area contributed by atoms with Crippen molar-refractivity contribution in [1.82, 2.24) is 10.3 Å². The first-order valence-electron chi connectivity index (χ1n) is 9.87. The summed E-state index contributed by atoms with van der Waals surface area (Å²) in [5.74, 6) is 0.549. The SMILES string of the molecule is O=C1Nc2cccc(C3CCNCC3)c2C1=Cc1cc2c([nH]1)CCCC2. The van der Waals surface area contributed by atoms with Crippen molar-refractivity contribution in [3.63, 3.8) is 0 Å². The fourth-order valence-corrected chi connectivity index (χ4v) is 4.75. The number of nitrogens with one attached hydrogen (secondary N) is 3. The number of anilines is 1. The Kier molecular flexibility index (Phi) is 3.93. The van der Waals surface area contributed by atoms with E-state index in [-0.39, 0.29) is 5.91 Å². The average Bonchev–Trinajstić information content (AvgIpc) is 3.23. The van der Waals surface area contributed by atoms with Crippen LogP contribution < -0.4 is 10.6 Å². The second-order valence-electron chi connectivity index (χ2n) is 7.74. The Morgan fingerprint density at radius 1 is 1.08 bits per heavy atom. The van der Waals surface area contributed by atoms with Gasteiger partial charge in [-0.05, 0) is 86.9 Å². The maximum absolute atomic E-state index is 12.7. The number of H-pyrrole nitrogens is 1. The molecule has 134 valence electrons. The normalized spacial score (nSPS) is 21.5. The molecule has 1 aromatic heterocycles. The fourth-order valence-electron chi connectivity index (χ4n) is 4.75. The summed E-state index contributed by atoms with van der Waals surface area (Å²) < 4.78 is 0. The van der Waals surface area contributed by atoms with E-state index in [9.17, 15) is 4.79 Å². The highest BCUT2D eigenvalue weighted by Crippen LogP contribution is 2.41. The van der Waals surface area contributed by atoms with Gasteiger partial charge in [0.05, 0.1) is 5.57 Å². The first-order valence-corrected chi connectivity index (χ1v) is 9.87. The predicted octanol–water partition coefficient (Wildman–Crippen LogP) is 3.85. The van der Waals surface area contributed by atoms with Gasteiger partial charge in [-0.25, -0.2) is 0 Å². The molecule has 1 amide bonds. The van der Waals surface area contributed by atoms with Crippen molar-refractivity contribution < 1.29 is 4.79 Å². The third kappa shape index (κ3) is 2.69. The highest BCUT2D eigenvalue weighted by atomic mass is 16.2. The van der Waals surface area contributed by atoms with E-state index < -0.39 is 0 Å². The van der Waals surface area contributed by atoms with Crippen molar-refractivity contribution in [1.29, 1.82) is 0 Å². The molecule has 1 saturated heterocycles. The molecule has 4 nitrogen and oxygen atoms in total. The number of hydrogen-bond acceptors (Lipinski definition) is 2. The van der Waals surface area contributed by atoms with Crippen molar-refractivity contribution >= 4 is 23.2 Å². The van der Waals surface area contributed by atoms with Gasteiger partial charge >= 0.3 is 0 Å². The van der Waals surface area contributed by atoms with Gasteiger partial charge < -0.3 is 15.6 Å². The van der Waals surface area contributed by atoms with Crippen LogP contribution in [0.4, 0.5) is 5.69 Å². The number of amides is 1. The number of aromatic amines is 1. The van der Waals surface area contributed by atoms with Crippen molar-refractivity contribution in [3.05, 3.63) is 52.3 Å². The van der Waals surface area contributed by atoms with Crippen LogP contribution in [-0.4, -0.2) is 24.0 Å². The van der Waals surface area contributed by atoms with Crippen molar-refractivity contribution in [2.75, 3.05) is 18.4 Å². The molecule has 1 aromatic carbocycles. The second kappa shape index (κ2) is 6.44. The molecule has 26 heavy (non-hydrogen) atoms. The Bertz CT molecular complexity index is 863. The van der Waals surface area contributed by atoms with Crippen molar-refractivity contribution in [2.24, 2.45) is 0 Å². The van der Waals surface area contributed by atoms with Gasteiger partial charge in [0, 0.05) is 22.6 Å². The molecule has 3 N–H and O–H groups in total. The molecule has 0 bridgehead atoms. The number of hydrogen-bond donors (Lipinski definition) is 3. The first-order chi connectivity index (χ1) is 12.8. The lowest BCUT2D eigenvalue weighted by Crippen LogP contribution is -2.27. The summed E-state index contributed by atoms with van der Waals surface area (Å²) in [5, 5.41) is 6.51. The Balaban J connectivity index is 1.57. The van der Waals surface area contributed by atoms with Crippen LogP contribution >= 0.6 is 0 Å². The Hall–Kier alpha value is -2.33. The van der Waals surface area contributed by atoms with E-state index in [1.165, 1.54) is 29.7 Å². The summed E-state index contributed by atoms with van der Waals surface area (Å²) in [6.07, 6.45) is 9.13. The predicted molar refractivity (Wildman–Crippen MR) is 105 cm³/mol. The minimum Gasteiger partial charge on any atom is -0.359 e. The van der Waals surface area contributed by atoms with Crippen LogP contribution in [0.3, 0.4) is 0 Å². The zero-order valence-corrected chi connectivity index (χ0v) is 15.0. The van der Waals surface area contributed by atoms with E-state index in [1.54, 1.807) is 0 Å². The lowest BCUT2D eigenvalue weighted by molar-refractivity contribution is -0.110. The molecule has 0 radical (unpaired) electrons. The van der Waals surface area contributed by atoms with E-state index in [2.05, 4.69) is 39.9 Å². The molecule has 5 rings (SSSR count). The topological polar surface area (TPSA) is 56.9 Å². The maximum atomic E-state index is 12.7. The van der Waals surface area contributed by atoms with Gasteiger partial charge in [-0.15, -0.1) is 0 Å². The molecular formula is C22H25N3O. The minimum atomic E-state index is 0.0222. The molecule has 2 aliphatic heterocycles. The second-order valence-corrected chi connectivity index (χ2v) is 7.74. The van der Waals surface area contributed by atoms with Crippen LogP contribution in [0.25, 0.3) is 11.6 Å². The Morgan fingerprint density at radius 2 is 1.92 bits per heavy atom. The van der Waals surface area contributed by atoms with Gasteiger partial charge in [0.25, 0.3) is 5.91 Å². The number of piperidine rings is 1. The van der Waals surface area contributed by atoms with Gasteiger partial charge in [0.2, 0.25) is 0 Å². The number of benzene rings is 1. The van der Waals surface area contributed by atoms with E-state index in [1.807, 2.05) is 6.07 Å². The molecule has 1 aliphatic carbocycles. The molecule has 0 atom stereocenters. The maximum Gasteiger partial charge on any atom is 0.256 e. The van der Waals surface area contributed by atoms with E-state index in [0.717, 1.165) is 61.3 Å². The zero-order valence-electron chi connectivity index (χ0n) is 15.0. The quantitative estimate of drug-likeness (QED) is 0.723. The van der Waals surface area contributed by atoms with Crippen molar-refractivity contribution in [3.8, 4) is 0 Å². The molecule has 0 saturated carbocycles. The molecule has 3 aliphatic rings.